The van der Waals surface area contributed by atoms with E-state index in [0.29, 0.717) is 63.5 Å². The Labute approximate surface area is 626 Å². The molecule has 0 aliphatic carbocycles. The van der Waals surface area contributed by atoms with E-state index >= 15 is 0 Å². The Balaban J connectivity index is 2.33. The molecule has 2 aromatic rings. The van der Waals surface area contributed by atoms with Gasteiger partial charge >= 0.3 is 5.97 Å². The number of amides is 12. The third-order valence-corrected chi connectivity index (χ3v) is 17.5. The van der Waals surface area contributed by atoms with E-state index < -0.39 is 155 Å². The number of carboxylic acid groups (broad SMARTS) is 1. The van der Waals surface area contributed by atoms with Gasteiger partial charge in [0.2, 0.25) is 70.9 Å². The molecule has 12 amide bonds. The minimum atomic E-state index is -1.32. The van der Waals surface area contributed by atoms with Gasteiger partial charge in [-0.2, -0.15) is 0 Å². The van der Waals surface area contributed by atoms with E-state index in [9.17, 15) is 67.4 Å². The summed E-state index contributed by atoms with van der Waals surface area (Å²) < 4.78 is 0. The molecule has 0 saturated carbocycles. The monoisotopic (exact) mass is 1490 g/mol. The summed E-state index contributed by atoms with van der Waals surface area (Å²) in [5, 5.41) is 42.3. The van der Waals surface area contributed by atoms with Crippen molar-refractivity contribution in [2.75, 3.05) is 26.2 Å². The minimum absolute atomic E-state index is 0.0191. The van der Waals surface area contributed by atoms with Crippen LogP contribution in [0.5, 0.6) is 0 Å². The Morgan fingerprint density at radius 1 is 0.283 bits per heavy atom. The van der Waals surface area contributed by atoms with E-state index in [1.165, 1.54) is 20.8 Å². The highest BCUT2D eigenvalue weighted by molar-refractivity contribution is 5.99. The van der Waals surface area contributed by atoms with E-state index in [-0.39, 0.29) is 108 Å². The lowest BCUT2D eigenvalue weighted by Crippen LogP contribution is -2.60. The summed E-state index contributed by atoms with van der Waals surface area (Å²) in [7, 11) is 0. The Bertz CT molecular complexity index is 3070. The number of nitrogens with two attached hydrogens (primary N) is 5. The molecule has 13 atom stereocenters. The minimum Gasteiger partial charge on any atom is -0.480 e. The van der Waals surface area contributed by atoms with E-state index in [2.05, 4.69) is 63.8 Å². The molecule has 0 unspecified atom stereocenters. The number of carboxylic acids is 1. The van der Waals surface area contributed by atoms with Gasteiger partial charge in [-0.1, -0.05) is 116 Å². The molecule has 2 rings (SSSR count). The van der Waals surface area contributed by atoms with Crippen LogP contribution < -0.4 is 92.5 Å². The first-order valence-corrected chi connectivity index (χ1v) is 37.7. The van der Waals surface area contributed by atoms with E-state index in [4.69, 9.17) is 28.7 Å². The van der Waals surface area contributed by atoms with Crippen molar-refractivity contribution in [3.05, 3.63) is 71.8 Å². The third-order valence-electron chi connectivity index (χ3n) is 17.5. The smallest absolute Gasteiger partial charge is 0.326 e. The largest absolute Gasteiger partial charge is 0.480 e. The number of hydrogen-bond acceptors (Lipinski definition) is 18. The number of carbonyl (C=O) groups excluding carboxylic acids is 12. The summed E-state index contributed by atoms with van der Waals surface area (Å²) in [6, 6.07) is 2.02. The SMILES string of the molecule is CC(C)C[C@H](NC(=O)[C@H](Cc1ccccc1)NC(=O)[C@H](CCCCN)NC(=O)[C@H](CCCCN)NC(=O)[C@H](CC(C)C)NC(=O)[C@H](C)NC(=O)[C@H](CCCCN)NC(=O)[C@H](C)NC(=O)[C@H](CC(C)C)NC(=O)[C@H](CC(C)C)NC(=O)[C@H](CCCCN)NC(=O)[C@H](C)NC(=O)[C@@H](N)Cc1ccccc1)C(=O)O. The summed E-state index contributed by atoms with van der Waals surface area (Å²) in [6.07, 6.45) is 4.33. The number of rotatable bonds is 53. The van der Waals surface area contributed by atoms with Crippen LogP contribution >= 0.6 is 0 Å². The van der Waals surface area contributed by atoms with E-state index in [1.807, 2.05) is 85.7 Å². The number of benzene rings is 2. The van der Waals surface area contributed by atoms with Gasteiger partial charge in [0.25, 0.3) is 0 Å². The van der Waals surface area contributed by atoms with Crippen LogP contribution in [-0.4, -0.2) is 187 Å². The van der Waals surface area contributed by atoms with Crippen LogP contribution in [0.1, 0.15) is 190 Å². The van der Waals surface area contributed by atoms with Crippen molar-refractivity contribution in [2.45, 2.75) is 270 Å². The third kappa shape index (κ3) is 37.1. The number of unbranched alkanes of at least 4 members (excludes halogenated alkanes) is 4. The molecule has 0 bridgehead atoms. The average Bonchev–Trinajstić information content (AvgIpc) is 0.860. The molecule has 23 N–H and O–H groups in total. The predicted octanol–water partition coefficient (Wildman–Crippen LogP) is 0.461. The first-order chi connectivity index (χ1) is 50.1. The fourth-order valence-corrected chi connectivity index (χ4v) is 11.5. The molecular weight excluding hydrogens is 1360 g/mol. The molecule has 0 radical (unpaired) electrons. The summed E-state index contributed by atoms with van der Waals surface area (Å²) in [5.74, 6) is -10.7. The topological polar surface area (TPSA) is 517 Å². The highest BCUT2D eigenvalue weighted by Gasteiger charge is 2.37. The standard InChI is InChI=1S/C75H127N17O14/c1-44(2)38-58(90-73(103)60(40-46(5)6)89-69(99)55(31-19-23-35-77)85-63(93)48(9)81-66(96)53(80)42-51-26-14-12-15-27-51)71(101)83-49(10)64(94)84-54(30-18-22-34-76)67(97)82-50(11)65(95)88-59(39-45(3)4)72(102)87-56(32-20-24-36-78)68(98)86-57(33-21-25-37-79)70(100)91-61(43-52-28-16-13-17-29-52)74(104)92-62(75(105)106)41-47(7)8/h12-17,26-29,44-50,53-62H,18-25,30-43,76-80H2,1-11H3,(H,81,96)(H,82,97)(H,83,101)(H,84,94)(H,85,93)(H,86,98)(H,87,102)(H,88,95)(H,89,99)(H,90,103)(H,91,100)(H,92,104)(H,105,106)/t48-,49-,50-,53-,54-,55-,56-,57-,58-,59-,60-,61-,62-/m0/s1. The fraction of sp³-hybridized carbons (Fsp3) is 0.667. The maximum absolute atomic E-state index is 14.5. The molecule has 0 aromatic heterocycles. The van der Waals surface area contributed by atoms with Crippen LogP contribution in [0.2, 0.25) is 0 Å². The van der Waals surface area contributed by atoms with E-state index in [0.717, 1.165) is 5.56 Å². The van der Waals surface area contributed by atoms with Crippen LogP contribution in [0.25, 0.3) is 0 Å². The summed E-state index contributed by atoms with van der Waals surface area (Å²) in [4.78, 5) is 181. The molecule has 2 aromatic carbocycles. The molecule has 31 heteroatoms. The van der Waals surface area contributed by atoms with E-state index in [1.54, 1.807) is 30.3 Å². The molecule has 0 saturated heterocycles. The molecule has 0 spiro atoms. The highest BCUT2D eigenvalue weighted by atomic mass is 16.4. The van der Waals surface area contributed by atoms with Crippen molar-refractivity contribution in [3.8, 4) is 0 Å². The zero-order valence-electron chi connectivity index (χ0n) is 64.3. The quantitative estimate of drug-likeness (QED) is 0.0400. The lowest BCUT2D eigenvalue weighted by atomic mass is 9.99. The molecule has 0 aliphatic heterocycles. The Morgan fingerprint density at radius 2 is 0.509 bits per heavy atom. The predicted molar refractivity (Wildman–Crippen MR) is 406 cm³/mol. The van der Waals surface area contributed by atoms with Crippen molar-refractivity contribution in [3.63, 3.8) is 0 Å². The fourth-order valence-electron chi connectivity index (χ4n) is 11.5. The van der Waals surface area contributed by atoms with Crippen molar-refractivity contribution >= 4 is 76.9 Å². The summed E-state index contributed by atoms with van der Waals surface area (Å²) >= 11 is 0. The van der Waals surface area contributed by atoms with Gasteiger partial charge in [-0.05, 0) is 191 Å². The van der Waals surface area contributed by atoms with Gasteiger partial charge < -0.3 is 97.6 Å². The molecule has 0 aliphatic rings. The lowest BCUT2D eigenvalue weighted by molar-refractivity contribution is -0.143. The van der Waals surface area contributed by atoms with Gasteiger partial charge in [0, 0.05) is 6.42 Å². The first-order valence-electron chi connectivity index (χ1n) is 37.7. The van der Waals surface area contributed by atoms with Crippen LogP contribution in [0.3, 0.4) is 0 Å². The molecule has 596 valence electrons. The van der Waals surface area contributed by atoms with Crippen molar-refractivity contribution in [1.29, 1.82) is 0 Å². The second-order valence-electron chi connectivity index (χ2n) is 29.2. The van der Waals surface area contributed by atoms with Crippen LogP contribution in [-0.2, 0) is 75.2 Å². The Hall–Kier alpha value is -8.65. The van der Waals surface area contributed by atoms with Gasteiger partial charge in [0.15, 0.2) is 0 Å². The maximum Gasteiger partial charge on any atom is 0.326 e. The van der Waals surface area contributed by atoms with Gasteiger partial charge in [-0.25, -0.2) is 4.79 Å². The Morgan fingerprint density at radius 3 is 0.821 bits per heavy atom. The molecule has 106 heavy (non-hydrogen) atoms. The zero-order valence-corrected chi connectivity index (χ0v) is 64.3. The highest BCUT2D eigenvalue weighted by Crippen LogP contribution is 2.16. The van der Waals surface area contributed by atoms with Crippen molar-refractivity contribution in [1.82, 2.24) is 63.8 Å². The summed E-state index contributed by atoms with van der Waals surface area (Å²) in [6.45, 7) is 19.8. The van der Waals surface area contributed by atoms with Gasteiger partial charge in [0.05, 0.1) is 6.04 Å². The normalized spacial score (nSPS) is 15.1. The van der Waals surface area contributed by atoms with Crippen molar-refractivity contribution < 1.29 is 67.4 Å². The molecule has 0 fully saturated rings. The summed E-state index contributed by atoms with van der Waals surface area (Å²) in [5.41, 5.74) is 30.9. The maximum atomic E-state index is 14.5. The van der Waals surface area contributed by atoms with Gasteiger partial charge in [-0.15, -0.1) is 0 Å². The lowest BCUT2D eigenvalue weighted by Gasteiger charge is -2.28. The zero-order chi connectivity index (χ0) is 79.6. The molecule has 31 nitrogen and oxygen atoms in total. The van der Waals surface area contributed by atoms with Crippen LogP contribution in [0.4, 0.5) is 0 Å². The second-order valence-corrected chi connectivity index (χ2v) is 29.2. The second kappa shape index (κ2) is 50.8. The first kappa shape index (κ1) is 93.4. The molecular formula is C75H127N17O14. The van der Waals surface area contributed by atoms with Crippen LogP contribution in [0.15, 0.2) is 60.7 Å². The van der Waals surface area contributed by atoms with Crippen LogP contribution in [0, 0.1) is 23.7 Å². The number of aliphatic carboxylic acids is 1. The number of hydrogen-bond donors (Lipinski definition) is 18. The van der Waals surface area contributed by atoms with Gasteiger partial charge in [0.1, 0.15) is 72.5 Å². The van der Waals surface area contributed by atoms with Gasteiger partial charge in [-0.3, -0.25) is 57.5 Å². The average molecular weight is 1490 g/mol. The number of nitrogens with one attached hydrogen (secondary N) is 12. The molecule has 0 heterocycles. The van der Waals surface area contributed by atoms with Crippen molar-refractivity contribution in [2.24, 2.45) is 52.3 Å². The Kier molecular flexibility index (Phi) is 44.8. The number of carbonyl (C=O) groups is 13.